The maximum Gasteiger partial charge on any atom is 0.331 e. The van der Waals surface area contributed by atoms with Gasteiger partial charge in [0.25, 0.3) is 0 Å². The molecule has 1 unspecified atom stereocenters. The number of hydrogen-bond acceptors (Lipinski definition) is 6. The molecule has 5 aliphatic rings. The predicted molar refractivity (Wildman–Crippen MR) is 129 cm³/mol. The van der Waals surface area contributed by atoms with Gasteiger partial charge < -0.3 is 21.3 Å². The summed E-state index contributed by atoms with van der Waals surface area (Å²) in [6, 6.07) is 0.111. The average Bonchev–Trinajstić information content (AvgIpc) is 3.32. The van der Waals surface area contributed by atoms with Gasteiger partial charge in [-0.3, -0.25) is 0 Å². The third kappa shape index (κ3) is 3.42. The summed E-state index contributed by atoms with van der Waals surface area (Å²) in [5.41, 5.74) is 12.5. The van der Waals surface area contributed by atoms with Gasteiger partial charge in [0.15, 0.2) is 0 Å². The summed E-state index contributed by atoms with van der Waals surface area (Å²) >= 11 is 2.04. The third-order valence-electron chi connectivity index (χ3n) is 10.8. The second kappa shape index (κ2) is 8.28. The molecule has 4 fully saturated rings. The lowest BCUT2D eigenvalue weighted by molar-refractivity contribution is -0.203. The number of ether oxygens (including phenoxy) is 1. The summed E-state index contributed by atoms with van der Waals surface area (Å²) in [4.78, 5) is 11.7. The molecule has 0 radical (unpaired) electrons. The van der Waals surface area contributed by atoms with Crippen molar-refractivity contribution < 1.29 is 14.6 Å². The molecule has 0 spiro atoms. The number of rotatable bonds is 5. The number of carbonyl (C=O) groups excluding carboxylic acids is 1. The van der Waals surface area contributed by atoms with Gasteiger partial charge in [-0.1, -0.05) is 13.8 Å². The standard InChI is InChI=1S/C26H42N2O3S/c1-24-8-5-19(32-15-18(28)13-27)12-17(24)3-4-22-21(24)6-9-25(2)20(7-10-26(22,25)30)16-11-23(29)31-14-16/h11,17-22,30H,3-10,12-15,27-28H2,1-2H3/t17-,18?,19+,20-,21+,22-,24+,25-,26+/m1/s1. The van der Waals surface area contributed by atoms with E-state index in [1.807, 2.05) is 11.8 Å². The van der Waals surface area contributed by atoms with Crippen molar-refractivity contribution >= 4 is 17.7 Å². The molecular formula is C26H42N2O3S. The highest BCUT2D eigenvalue weighted by Gasteiger charge is 2.67. The summed E-state index contributed by atoms with van der Waals surface area (Å²) < 4.78 is 5.25. The molecule has 1 aliphatic heterocycles. The normalized spacial score (nSPS) is 49.0. The van der Waals surface area contributed by atoms with E-state index < -0.39 is 5.60 Å². The summed E-state index contributed by atoms with van der Waals surface area (Å²) in [6.45, 7) is 5.86. The number of esters is 1. The Bertz CT molecular complexity index is 789. The largest absolute Gasteiger partial charge is 0.458 e. The molecule has 0 aromatic rings. The van der Waals surface area contributed by atoms with E-state index in [2.05, 4.69) is 13.8 Å². The molecule has 6 heteroatoms. The maximum absolute atomic E-state index is 12.3. The second-order valence-corrected chi connectivity index (χ2v) is 13.4. The zero-order valence-electron chi connectivity index (χ0n) is 19.9. The van der Waals surface area contributed by atoms with E-state index in [9.17, 15) is 9.90 Å². The number of cyclic esters (lactones) is 1. The van der Waals surface area contributed by atoms with Crippen LogP contribution in [-0.2, 0) is 9.53 Å². The molecule has 5 rings (SSSR count). The van der Waals surface area contributed by atoms with E-state index in [-0.39, 0.29) is 23.3 Å². The van der Waals surface area contributed by atoms with Gasteiger partial charge in [0.2, 0.25) is 0 Å². The van der Waals surface area contributed by atoms with Gasteiger partial charge in [-0.05, 0) is 92.4 Å². The Kier molecular flexibility index (Phi) is 6.00. The van der Waals surface area contributed by atoms with Gasteiger partial charge in [0.1, 0.15) is 6.61 Å². The first-order chi connectivity index (χ1) is 15.2. The zero-order chi connectivity index (χ0) is 22.7. The molecule has 4 saturated carbocycles. The fourth-order valence-corrected chi connectivity index (χ4v) is 10.2. The van der Waals surface area contributed by atoms with Crippen molar-refractivity contribution in [3.05, 3.63) is 11.6 Å². The lowest BCUT2D eigenvalue weighted by atomic mass is 9.43. The molecule has 4 aliphatic carbocycles. The number of fused-ring (bicyclic) bond motifs is 5. The summed E-state index contributed by atoms with van der Waals surface area (Å²) in [6.07, 6.45) is 12.1. The Labute approximate surface area is 197 Å². The smallest absolute Gasteiger partial charge is 0.331 e. The molecule has 1 heterocycles. The minimum absolute atomic E-state index is 0.111. The van der Waals surface area contributed by atoms with Gasteiger partial charge >= 0.3 is 5.97 Å². The molecule has 0 aromatic heterocycles. The molecule has 0 bridgehead atoms. The van der Waals surface area contributed by atoms with Crippen molar-refractivity contribution in [3.63, 3.8) is 0 Å². The highest BCUT2D eigenvalue weighted by atomic mass is 32.2. The van der Waals surface area contributed by atoms with E-state index >= 15 is 0 Å². The van der Waals surface area contributed by atoms with Crippen LogP contribution in [-0.4, -0.2) is 46.9 Å². The predicted octanol–water partition coefficient (Wildman–Crippen LogP) is 3.63. The van der Waals surface area contributed by atoms with Crippen LogP contribution in [0.1, 0.15) is 71.6 Å². The highest BCUT2D eigenvalue weighted by Crippen LogP contribution is 2.70. The third-order valence-corrected chi connectivity index (χ3v) is 12.3. The van der Waals surface area contributed by atoms with Crippen molar-refractivity contribution in [1.29, 1.82) is 0 Å². The van der Waals surface area contributed by atoms with Crippen LogP contribution in [0.5, 0.6) is 0 Å². The monoisotopic (exact) mass is 462 g/mol. The van der Waals surface area contributed by atoms with Crippen LogP contribution in [0, 0.1) is 34.5 Å². The Hall–Kier alpha value is -0.560. The lowest BCUT2D eigenvalue weighted by Gasteiger charge is -2.64. The highest BCUT2D eigenvalue weighted by molar-refractivity contribution is 7.99. The SMILES string of the molecule is C[C@]12CC[C@H](SCC(N)CN)C[C@H]1CC[C@@H]1[C@@H]2CC[C@]2(C)[C@@H](C3=CC(=O)OC3)CC[C@]12O. The Morgan fingerprint density at radius 3 is 2.69 bits per heavy atom. The average molecular weight is 463 g/mol. The van der Waals surface area contributed by atoms with Crippen molar-refractivity contribution in [1.82, 2.24) is 0 Å². The molecule has 5 nitrogen and oxygen atoms in total. The zero-order valence-corrected chi connectivity index (χ0v) is 20.7. The van der Waals surface area contributed by atoms with Crippen LogP contribution < -0.4 is 11.5 Å². The van der Waals surface area contributed by atoms with Crippen LogP contribution in [0.3, 0.4) is 0 Å². The number of hydrogen-bond donors (Lipinski definition) is 3. The summed E-state index contributed by atoms with van der Waals surface area (Å²) in [5.74, 6) is 2.81. The Morgan fingerprint density at radius 1 is 1.16 bits per heavy atom. The minimum atomic E-state index is -0.611. The van der Waals surface area contributed by atoms with E-state index in [0.717, 1.165) is 42.9 Å². The molecular weight excluding hydrogens is 420 g/mol. The van der Waals surface area contributed by atoms with Crippen LogP contribution in [0.15, 0.2) is 11.6 Å². The Balaban J connectivity index is 1.33. The number of thioether (sulfide) groups is 1. The number of aliphatic hydroxyl groups is 1. The maximum atomic E-state index is 12.3. The van der Waals surface area contributed by atoms with Crippen LogP contribution in [0.25, 0.3) is 0 Å². The second-order valence-electron chi connectivity index (χ2n) is 12.0. The van der Waals surface area contributed by atoms with Gasteiger partial charge in [0.05, 0.1) is 5.60 Å². The van der Waals surface area contributed by atoms with Crippen molar-refractivity contribution in [3.8, 4) is 0 Å². The molecule has 5 N–H and O–H groups in total. The molecule has 180 valence electrons. The van der Waals surface area contributed by atoms with Crippen molar-refractivity contribution in [2.24, 2.45) is 46.0 Å². The quantitative estimate of drug-likeness (QED) is 0.540. The molecule has 0 aromatic carbocycles. The van der Waals surface area contributed by atoms with Crippen molar-refractivity contribution in [2.45, 2.75) is 88.5 Å². The van der Waals surface area contributed by atoms with E-state index in [0.29, 0.717) is 35.7 Å². The van der Waals surface area contributed by atoms with Gasteiger partial charge in [-0.25, -0.2) is 4.79 Å². The fraction of sp³-hybridized carbons (Fsp3) is 0.885. The summed E-state index contributed by atoms with van der Waals surface area (Å²) in [5, 5.41) is 13.0. The first-order valence-electron chi connectivity index (χ1n) is 12.9. The van der Waals surface area contributed by atoms with Crippen LogP contribution >= 0.6 is 11.8 Å². The van der Waals surface area contributed by atoms with Crippen LogP contribution in [0.4, 0.5) is 0 Å². The van der Waals surface area contributed by atoms with Gasteiger partial charge in [-0.2, -0.15) is 11.8 Å². The van der Waals surface area contributed by atoms with E-state index in [1.54, 1.807) is 6.08 Å². The number of nitrogens with two attached hydrogens (primary N) is 2. The fourth-order valence-electron chi connectivity index (χ4n) is 8.85. The summed E-state index contributed by atoms with van der Waals surface area (Å²) in [7, 11) is 0. The topological polar surface area (TPSA) is 98.6 Å². The lowest BCUT2D eigenvalue weighted by Crippen LogP contribution is -2.62. The van der Waals surface area contributed by atoms with Crippen LogP contribution in [0.2, 0.25) is 0 Å². The van der Waals surface area contributed by atoms with Crippen molar-refractivity contribution in [2.75, 3.05) is 18.9 Å². The first-order valence-corrected chi connectivity index (χ1v) is 13.9. The minimum Gasteiger partial charge on any atom is -0.458 e. The van der Waals surface area contributed by atoms with E-state index in [1.165, 1.54) is 32.1 Å². The molecule has 0 amide bonds. The first kappa shape index (κ1) is 23.2. The van der Waals surface area contributed by atoms with Gasteiger partial charge in [0, 0.05) is 35.1 Å². The van der Waals surface area contributed by atoms with E-state index in [4.69, 9.17) is 16.2 Å². The molecule has 0 saturated heterocycles. The number of carbonyl (C=O) groups is 1. The molecule has 9 atom stereocenters. The van der Waals surface area contributed by atoms with Gasteiger partial charge in [-0.15, -0.1) is 0 Å². The Morgan fingerprint density at radius 2 is 1.97 bits per heavy atom. The molecule has 32 heavy (non-hydrogen) atoms.